The zero-order chi connectivity index (χ0) is 45.0. The van der Waals surface area contributed by atoms with Gasteiger partial charge in [-0.3, -0.25) is 19.5 Å². The molecule has 0 saturated heterocycles. The van der Waals surface area contributed by atoms with Crippen molar-refractivity contribution in [2.75, 3.05) is 26.0 Å². The van der Waals surface area contributed by atoms with Gasteiger partial charge >= 0.3 is 18.0 Å². The van der Waals surface area contributed by atoms with E-state index in [1.54, 1.807) is 6.07 Å². The van der Waals surface area contributed by atoms with Gasteiger partial charge in [-0.15, -0.1) is 0 Å². The number of aromatic nitrogens is 3. The Hall–Kier alpha value is -5.36. The molecular formula is C44H51F7N8O3. The Balaban J connectivity index is 1.13. The highest BCUT2D eigenvalue weighted by atomic mass is 19.4. The van der Waals surface area contributed by atoms with Gasteiger partial charge in [-0.1, -0.05) is 30.3 Å². The number of anilines is 1. The maximum absolute atomic E-state index is 14.2. The number of benzene rings is 3. The highest BCUT2D eigenvalue weighted by Crippen LogP contribution is 2.51. The molecule has 2 saturated carbocycles. The summed E-state index contributed by atoms with van der Waals surface area (Å²) in [6.45, 7) is 2.47. The lowest BCUT2D eigenvalue weighted by Crippen LogP contribution is -2.50. The van der Waals surface area contributed by atoms with Crippen LogP contribution in [-0.4, -0.2) is 88.7 Å². The summed E-state index contributed by atoms with van der Waals surface area (Å²) in [4.78, 5) is 45.9. The molecule has 3 amide bonds. The highest BCUT2D eigenvalue weighted by molar-refractivity contribution is 5.98. The van der Waals surface area contributed by atoms with Crippen LogP contribution >= 0.6 is 0 Å². The van der Waals surface area contributed by atoms with Crippen molar-refractivity contribution in [3.63, 3.8) is 0 Å². The predicted molar refractivity (Wildman–Crippen MR) is 219 cm³/mol. The number of aryl methyl sites for hydroxylation is 1. The fourth-order valence-electron chi connectivity index (χ4n) is 8.14. The summed E-state index contributed by atoms with van der Waals surface area (Å²) in [7, 11) is 4.16. The maximum Gasteiger partial charge on any atom is 0.460 e. The molecule has 11 nitrogen and oxygen atoms in total. The molecule has 0 radical (unpaired) electrons. The Bertz CT molecular complexity index is 2180. The molecule has 18 heteroatoms. The molecule has 0 aliphatic heterocycles. The molecular weight excluding hydrogens is 822 g/mol. The van der Waals surface area contributed by atoms with Crippen LogP contribution in [0.2, 0.25) is 0 Å². The van der Waals surface area contributed by atoms with Crippen molar-refractivity contribution in [3.8, 4) is 22.5 Å². The molecule has 62 heavy (non-hydrogen) atoms. The third kappa shape index (κ3) is 10.5. The zero-order valence-corrected chi connectivity index (χ0v) is 34.6. The fraction of sp³-hybridized carbons (Fsp3) is 0.477. The van der Waals surface area contributed by atoms with Gasteiger partial charge in [0.15, 0.2) is 5.82 Å². The first-order chi connectivity index (χ1) is 29.3. The Morgan fingerprint density at radius 3 is 2.05 bits per heavy atom. The number of nitrogens with two attached hydrogens (primary N) is 1. The number of H-pyrrole nitrogens is 1. The molecule has 1 unspecified atom stereocenters. The van der Waals surface area contributed by atoms with Crippen LogP contribution in [-0.2, 0) is 21.9 Å². The van der Waals surface area contributed by atoms with Crippen LogP contribution in [0, 0.1) is 18.8 Å². The summed E-state index contributed by atoms with van der Waals surface area (Å²) in [5.41, 5.74) is 10.0. The number of alkyl halides is 7. The van der Waals surface area contributed by atoms with Gasteiger partial charge in [0.1, 0.15) is 6.04 Å². The summed E-state index contributed by atoms with van der Waals surface area (Å²) in [6, 6.07) is 17.9. The van der Waals surface area contributed by atoms with E-state index in [9.17, 15) is 45.1 Å². The first-order valence-electron chi connectivity index (χ1n) is 20.6. The van der Waals surface area contributed by atoms with Crippen LogP contribution < -0.4 is 21.7 Å². The Kier molecular flexibility index (Phi) is 14.1. The zero-order valence-electron chi connectivity index (χ0n) is 34.6. The molecule has 2 aliphatic carbocycles. The number of carbonyl (C=O) groups excluding carboxylic acids is 3. The van der Waals surface area contributed by atoms with Gasteiger partial charge in [-0.2, -0.15) is 35.8 Å². The molecule has 6 N–H and O–H groups in total. The van der Waals surface area contributed by atoms with Crippen LogP contribution in [0.1, 0.15) is 78.7 Å². The van der Waals surface area contributed by atoms with E-state index in [4.69, 9.17) is 5.73 Å². The van der Waals surface area contributed by atoms with Gasteiger partial charge in [0.2, 0.25) is 17.6 Å². The molecule has 4 aromatic rings. The molecule has 6 rings (SSSR count). The van der Waals surface area contributed by atoms with Crippen molar-refractivity contribution in [1.82, 2.24) is 30.7 Å². The molecule has 3 aromatic carbocycles. The van der Waals surface area contributed by atoms with E-state index >= 15 is 0 Å². The fourth-order valence-corrected chi connectivity index (χ4v) is 8.14. The van der Waals surface area contributed by atoms with E-state index in [1.807, 2.05) is 43.3 Å². The summed E-state index contributed by atoms with van der Waals surface area (Å²) < 4.78 is 93.6. The number of amides is 3. The number of carbonyl (C=O) groups is 3. The molecule has 1 heterocycles. The lowest BCUT2D eigenvalue weighted by atomic mass is 9.81. The van der Waals surface area contributed by atoms with Crippen LogP contribution in [0.4, 0.5) is 36.4 Å². The lowest BCUT2D eigenvalue weighted by Gasteiger charge is -2.33. The van der Waals surface area contributed by atoms with E-state index in [0.29, 0.717) is 36.9 Å². The number of nitrogens with one attached hydrogen (secondary N) is 4. The van der Waals surface area contributed by atoms with Crippen molar-refractivity contribution >= 4 is 23.4 Å². The minimum Gasteiger partial charge on any atom is -0.349 e. The quantitative estimate of drug-likeness (QED) is 0.0811. The van der Waals surface area contributed by atoms with Gasteiger partial charge in [-0.05, 0) is 144 Å². The van der Waals surface area contributed by atoms with Crippen LogP contribution in [0.15, 0.2) is 66.7 Å². The average Bonchev–Trinajstić information content (AvgIpc) is 3.75. The Labute approximate surface area is 354 Å². The number of hydrogen-bond donors (Lipinski definition) is 5. The first kappa shape index (κ1) is 46.2. The summed E-state index contributed by atoms with van der Waals surface area (Å²) >= 11 is 0. The second-order valence-electron chi connectivity index (χ2n) is 16.6. The third-order valence-electron chi connectivity index (χ3n) is 12.1. The third-order valence-corrected chi connectivity index (χ3v) is 12.1. The van der Waals surface area contributed by atoms with E-state index in [1.165, 1.54) is 29.4 Å². The van der Waals surface area contributed by atoms with Crippen LogP contribution in [0.5, 0.6) is 0 Å². The van der Waals surface area contributed by atoms with Crippen molar-refractivity contribution in [2.45, 2.75) is 101 Å². The SMILES string of the molecule is Cc1cc(C(=O)NC2CCC(N(C)C)CC2)ccc1-c1ccc(CC(NC(=O)C2CCC(CN)CC2)C(=O)Nc2ccc(-c3n[nH]c(C(F)(F)C(F)(F)C(F)(F)F)n3)cc2)cc1. The minimum atomic E-state index is -6.55. The highest BCUT2D eigenvalue weighted by Gasteiger charge is 2.75. The molecule has 0 bridgehead atoms. The van der Waals surface area contributed by atoms with E-state index in [-0.39, 0.29) is 41.4 Å². The standard InChI is InChI=1S/C44H51F7N8O3/c1-25-22-31(39(61)53-33-17-19-34(20-18-33)59(2)3)14-21-35(25)28-8-4-26(5-9-28)23-36(55-38(60)30-10-6-27(24-52)7-11-30)40(62)54-32-15-12-29(13-16-32)37-56-41(58-57-37)42(45,46)43(47,48)44(49,50)51/h4-5,8-9,12-16,21-22,27,30,33-34,36H,6-7,10-11,17-20,23-24,52H2,1-3H3,(H,53,61)(H,54,62)(H,55,60)(H,56,57,58). The summed E-state index contributed by atoms with van der Waals surface area (Å²) in [5, 5.41) is 13.7. The Morgan fingerprint density at radius 2 is 1.47 bits per heavy atom. The number of nitrogens with zero attached hydrogens (tertiary/aromatic N) is 3. The van der Waals surface area contributed by atoms with Gasteiger partial charge in [0.25, 0.3) is 5.91 Å². The lowest BCUT2D eigenvalue weighted by molar-refractivity contribution is -0.361. The number of aromatic amines is 1. The molecule has 0 spiro atoms. The normalized spacial score (nSPS) is 20.4. The van der Waals surface area contributed by atoms with Crippen LogP contribution in [0.3, 0.4) is 0 Å². The first-order valence-corrected chi connectivity index (χ1v) is 20.6. The maximum atomic E-state index is 14.2. The van der Waals surface area contributed by atoms with Gasteiger partial charge in [0.05, 0.1) is 0 Å². The van der Waals surface area contributed by atoms with E-state index in [2.05, 4.69) is 45.0 Å². The summed E-state index contributed by atoms with van der Waals surface area (Å²) in [5.74, 6) is -15.6. The topological polar surface area (TPSA) is 158 Å². The van der Waals surface area contributed by atoms with E-state index in [0.717, 1.165) is 60.8 Å². The molecule has 1 aromatic heterocycles. The smallest absolute Gasteiger partial charge is 0.349 e. The predicted octanol–water partition coefficient (Wildman–Crippen LogP) is 7.77. The van der Waals surface area contributed by atoms with Crippen molar-refractivity contribution in [1.29, 1.82) is 0 Å². The monoisotopic (exact) mass is 872 g/mol. The average molecular weight is 873 g/mol. The molecule has 2 fully saturated rings. The largest absolute Gasteiger partial charge is 0.460 e. The van der Waals surface area contributed by atoms with Crippen molar-refractivity contribution < 1.29 is 45.1 Å². The molecule has 2 aliphatic rings. The second-order valence-corrected chi connectivity index (χ2v) is 16.6. The Morgan fingerprint density at radius 1 is 0.839 bits per heavy atom. The van der Waals surface area contributed by atoms with Gasteiger partial charge < -0.3 is 26.6 Å². The minimum absolute atomic E-state index is 0.0271. The second kappa shape index (κ2) is 18.9. The molecule has 1 atom stereocenters. The van der Waals surface area contributed by atoms with E-state index < -0.39 is 41.6 Å². The van der Waals surface area contributed by atoms with Crippen LogP contribution in [0.25, 0.3) is 22.5 Å². The number of halogens is 7. The van der Waals surface area contributed by atoms with Gasteiger partial charge in [0, 0.05) is 41.2 Å². The number of rotatable bonds is 14. The van der Waals surface area contributed by atoms with Crippen molar-refractivity contribution in [2.24, 2.45) is 17.6 Å². The molecule has 334 valence electrons. The number of hydrogen-bond acceptors (Lipinski definition) is 7. The summed E-state index contributed by atoms with van der Waals surface area (Å²) in [6.07, 6.45) is 0.323. The van der Waals surface area contributed by atoms with Gasteiger partial charge in [-0.25, -0.2) is 4.98 Å². The van der Waals surface area contributed by atoms with Crippen molar-refractivity contribution in [3.05, 3.63) is 89.2 Å².